The summed E-state index contributed by atoms with van der Waals surface area (Å²) < 4.78 is 1.85. The molecule has 2 heterocycles. The summed E-state index contributed by atoms with van der Waals surface area (Å²) in [6.07, 6.45) is 1.94. The molecule has 0 aliphatic heterocycles. The van der Waals surface area contributed by atoms with Gasteiger partial charge in [-0.2, -0.15) is 0 Å². The molecule has 0 spiro atoms. The molecule has 0 radical (unpaired) electrons. The standard InChI is InChI=1S/C16H16BrN3/c1-11(2)13-7-3-4-8-14(13)15-18-16-12(10-17)6-5-9-20(16)19-15/h3-9,11H,10H2,1-2H3. The van der Waals surface area contributed by atoms with Crippen molar-refractivity contribution in [3.05, 3.63) is 53.7 Å². The molecule has 20 heavy (non-hydrogen) atoms. The Morgan fingerprint density at radius 1 is 1.15 bits per heavy atom. The third-order valence-corrected chi connectivity index (χ3v) is 4.01. The minimum atomic E-state index is 0.452. The Morgan fingerprint density at radius 3 is 2.70 bits per heavy atom. The minimum Gasteiger partial charge on any atom is -0.220 e. The van der Waals surface area contributed by atoms with Crippen LogP contribution >= 0.6 is 15.9 Å². The zero-order chi connectivity index (χ0) is 14.1. The van der Waals surface area contributed by atoms with Crippen LogP contribution < -0.4 is 0 Å². The summed E-state index contributed by atoms with van der Waals surface area (Å²) in [5, 5.41) is 5.40. The van der Waals surface area contributed by atoms with Crippen LogP contribution in [0.3, 0.4) is 0 Å². The average molecular weight is 330 g/mol. The van der Waals surface area contributed by atoms with E-state index in [-0.39, 0.29) is 0 Å². The zero-order valence-electron chi connectivity index (χ0n) is 11.5. The molecule has 102 valence electrons. The van der Waals surface area contributed by atoms with Crippen molar-refractivity contribution in [2.75, 3.05) is 0 Å². The molecular formula is C16H16BrN3. The molecule has 4 heteroatoms. The second-order valence-corrected chi connectivity index (χ2v) is 5.67. The van der Waals surface area contributed by atoms with Gasteiger partial charge in [-0.3, -0.25) is 0 Å². The van der Waals surface area contributed by atoms with Gasteiger partial charge in [0, 0.05) is 22.7 Å². The van der Waals surface area contributed by atoms with Crippen LogP contribution in [0.25, 0.3) is 17.0 Å². The normalized spacial score (nSPS) is 11.4. The summed E-state index contributed by atoms with van der Waals surface area (Å²) in [5.74, 6) is 1.25. The van der Waals surface area contributed by atoms with Crippen LogP contribution in [0, 0.1) is 0 Å². The first-order valence-corrected chi connectivity index (χ1v) is 7.82. The number of nitrogens with zero attached hydrogens (tertiary/aromatic N) is 3. The summed E-state index contributed by atoms with van der Waals surface area (Å²) in [5.41, 5.74) is 4.46. The van der Waals surface area contributed by atoms with E-state index in [4.69, 9.17) is 4.98 Å². The highest BCUT2D eigenvalue weighted by Crippen LogP contribution is 2.27. The fourth-order valence-electron chi connectivity index (χ4n) is 2.38. The first-order chi connectivity index (χ1) is 9.70. The first kappa shape index (κ1) is 13.3. The number of hydrogen-bond acceptors (Lipinski definition) is 2. The Bertz CT molecular complexity index is 746. The van der Waals surface area contributed by atoms with E-state index in [9.17, 15) is 0 Å². The highest BCUT2D eigenvalue weighted by atomic mass is 79.9. The van der Waals surface area contributed by atoms with Crippen LogP contribution in [-0.2, 0) is 5.33 Å². The number of benzene rings is 1. The molecule has 3 nitrogen and oxygen atoms in total. The zero-order valence-corrected chi connectivity index (χ0v) is 13.1. The second-order valence-electron chi connectivity index (χ2n) is 5.11. The van der Waals surface area contributed by atoms with Gasteiger partial charge < -0.3 is 0 Å². The van der Waals surface area contributed by atoms with Gasteiger partial charge >= 0.3 is 0 Å². The maximum atomic E-state index is 4.72. The van der Waals surface area contributed by atoms with E-state index in [1.807, 2.05) is 22.8 Å². The first-order valence-electron chi connectivity index (χ1n) is 6.70. The molecule has 0 fully saturated rings. The van der Waals surface area contributed by atoms with E-state index in [1.54, 1.807) is 0 Å². The van der Waals surface area contributed by atoms with Crippen LogP contribution in [0.4, 0.5) is 0 Å². The molecule has 0 saturated carbocycles. The van der Waals surface area contributed by atoms with Crippen LogP contribution in [-0.4, -0.2) is 14.6 Å². The van der Waals surface area contributed by atoms with E-state index in [1.165, 1.54) is 5.56 Å². The molecule has 0 atom stereocenters. The van der Waals surface area contributed by atoms with E-state index in [0.29, 0.717) is 5.92 Å². The van der Waals surface area contributed by atoms with Crippen molar-refractivity contribution in [2.24, 2.45) is 0 Å². The topological polar surface area (TPSA) is 30.2 Å². The second kappa shape index (κ2) is 5.37. The molecule has 0 saturated heterocycles. The molecular weight excluding hydrogens is 314 g/mol. The molecule has 0 N–H and O–H groups in total. The Labute approximate surface area is 126 Å². The monoisotopic (exact) mass is 329 g/mol. The van der Waals surface area contributed by atoms with Gasteiger partial charge in [-0.25, -0.2) is 9.50 Å². The van der Waals surface area contributed by atoms with Gasteiger partial charge in [0.05, 0.1) is 0 Å². The van der Waals surface area contributed by atoms with Crippen molar-refractivity contribution in [3.8, 4) is 11.4 Å². The predicted octanol–water partition coefficient (Wildman–Crippen LogP) is 4.41. The number of alkyl halides is 1. The maximum Gasteiger partial charge on any atom is 0.182 e. The molecule has 0 amide bonds. The fourth-order valence-corrected chi connectivity index (χ4v) is 2.82. The van der Waals surface area contributed by atoms with E-state index in [2.05, 4.69) is 59.1 Å². The average Bonchev–Trinajstić information content (AvgIpc) is 2.90. The lowest BCUT2D eigenvalue weighted by molar-refractivity contribution is 0.865. The van der Waals surface area contributed by atoms with Crippen LogP contribution in [0.15, 0.2) is 42.6 Å². The third-order valence-electron chi connectivity index (χ3n) is 3.41. The van der Waals surface area contributed by atoms with Gasteiger partial charge in [-0.1, -0.05) is 60.1 Å². The Balaban J connectivity index is 2.21. The van der Waals surface area contributed by atoms with Crippen LogP contribution in [0.2, 0.25) is 0 Å². The SMILES string of the molecule is CC(C)c1ccccc1-c1nc2c(CBr)cccn2n1. The number of fused-ring (bicyclic) bond motifs is 1. The van der Waals surface area contributed by atoms with Gasteiger partial charge in [0.1, 0.15) is 0 Å². The number of pyridine rings is 1. The lowest BCUT2D eigenvalue weighted by Gasteiger charge is -2.09. The Morgan fingerprint density at radius 2 is 1.95 bits per heavy atom. The molecule has 0 bridgehead atoms. The lowest BCUT2D eigenvalue weighted by Crippen LogP contribution is -1.93. The summed E-state index contributed by atoms with van der Waals surface area (Å²) in [6, 6.07) is 12.4. The minimum absolute atomic E-state index is 0.452. The van der Waals surface area contributed by atoms with Crippen molar-refractivity contribution in [3.63, 3.8) is 0 Å². The van der Waals surface area contributed by atoms with E-state index < -0.39 is 0 Å². The number of hydrogen-bond donors (Lipinski definition) is 0. The quantitative estimate of drug-likeness (QED) is 0.666. The van der Waals surface area contributed by atoms with Gasteiger partial charge in [0.15, 0.2) is 11.5 Å². The number of rotatable bonds is 3. The van der Waals surface area contributed by atoms with E-state index >= 15 is 0 Å². The van der Waals surface area contributed by atoms with E-state index in [0.717, 1.165) is 27.9 Å². The lowest BCUT2D eigenvalue weighted by atomic mass is 9.97. The highest BCUT2D eigenvalue weighted by Gasteiger charge is 2.13. The molecule has 3 rings (SSSR count). The van der Waals surface area contributed by atoms with Crippen LogP contribution in [0.5, 0.6) is 0 Å². The molecule has 0 unspecified atom stereocenters. The van der Waals surface area contributed by atoms with Crippen molar-refractivity contribution >= 4 is 21.6 Å². The van der Waals surface area contributed by atoms with Gasteiger partial charge in [-0.05, 0) is 17.5 Å². The summed E-state index contributed by atoms with van der Waals surface area (Å²) in [6.45, 7) is 4.39. The smallest absolute Gasteiger partial charge is 0.182 e. The predicted molar refractivity (Wildman–Crippen MR) is 85.1 cm³/mol. The number of halogens is 1. The fraction of sp³-hybridized carbons (Fsp3) is 0.250. The van der Waals surface area contributed by atoms with Crippen molar-refractivity contribution in [1.82, 2.24) is 14.6 Å². The summed E-state index contributed by atoms with van der Waals surface area (Å²) >= 11 is 3.50. The summed E-state index contributed by atoms with van der Waals surface area (Å²) in [4.78, 5) is 4.72. The largest absolute Gasteiger partial charge is 0.220 e. The molecule has 0 aliphatic carbocycles. The van der Waals surface area contributed by atoms with Crippen molar-refractivity contribution < 1.29 is 0 Å². The summed E-state index contributed by atoms with van der Waals surface area (Å²) in [7, 11) is 0. The molecule has 1 aromatic carbocycles. The van der Waals surface area contributed by atoms with Crippen LogP contribution in [0.1, 0.15) is 30.9 Å². The Hall–Kier alpha value is -1.68. The van der Waals surface area contributed by atoms with Gasteiger partial charge in [0.25, 0.3) is 0 Å². The van der Waals surface area contributed by atoms with Gasteiger partial charge in [0.2, 0.25) is 0 Å². The number of aromatic nitrogens is 3. The molecule has 0 aliphatic rings. The van der Waals surface area contributed by atoms with Gasteiger partial charge in [-0.15, -0.1) is 5.10 Å². The molecule has 2 aromatic heterocycles. The maximum absolute atomic E-state index is 4.72. The third kappa shape index (κ3) is 2.24. The van der Waals surface area contributed by atoms with Crippen molar-refractivity contribution in [1.29, 1.82) is 0 Å². The Kier molecular flexibility index (Phi) is 3.57. The highest BCUT2D eigenvalue weighted by molar-refractivity contribution is 9.08. The van der Waals surface area contributed by atoms with Crippen molar-refractivity contribution in [2.45, 2.75) is 25.1 Å². The molecule has 3 aromatic rings.